The van der Waals surface area contributed by atoms with Gasteiger partial charge in [0.05, 0.1) is 0 Å². The Kier molecular flexibility index (Phi) is 7.95. The van der Waals surface area contributed by atoms with E-state index in [0.29, 0.717) is 12.2 Å². The molecule has 1 unspecified atom stereocenters. The lowest BCUT2D eigenvalue weighted by molar-refractivity contribution is 0.191. The number of rotatable bonds is 9. The van der Waals surface area contributed by atoms with E-state index >= 15 is 0 Å². The van der Waals surface area contributed by atoms with Crippen molar-refractivity contribution in [2.45, 2.75) is 70.1 Å². The number of hydrogen-bond donors (Lipinski definition) is 3. The first-order chi connectivity index (χ1) is 11.9. The molecule has 1 aliphatic rings. The highest BCUT2D eigenvalue weighted by Crippen LogP contribution is 2.28. The predicted molar refractivity (Wildman–Crippen MR) is 106 cm³/mol. The summed E-state index contributed by atoms with van der Waals surface area (Å²) in [6, 6.07) is 9.01. The van der Waals surface area contributed by atoms with E-state index in [4.69, 9.17) is 15.8 Å². The van der Waals surface area contributed by atoms with Crippen LogP contribution >= 0.6 is 0 Å². The lowest BCUT2D eigenvalue weighted by atomic mass is 9.82. The number of piperidine rings is 1. The third-order valence-corrected chi connectivity index (χ3v) is 5.60. The fourth-order valence-electron chi connectivity index (χ4n) is 3.72. The van der Waals surface area contributed by atoms with Gasteiger partial charge in [-0.15, -0.1) is 0 Å². The number of nitrogens with zero attached hydrogens (tertiary/aromatic N) is 1. The van der Waals surface area contributed by atoms with Gasteiger partial charge in [-0.2, -0.15) is 0 Å². The van der Waals surface area contributed by atoms with Crippen molar-refractivity contribution < 1.29 is 10.0 Å². The molecule has 1 heterocycles. The fourth-order valence-corrected chi connectivity index (χ4v) is 3.72. The number of unbranched alkanes of at least 4 members (excludes halogenated alkanes) is 1. The van der Waals surface area contributed by atoms with Gasteiger partial charge < -0.3 is 20.7 Å². The van der Waals surface area contributed by atoms with Crippen molar-refractivity contribution in [1.29, 1.82) is 0 Å². The number of aryl methyl sites for hydroxylation is 1. The van der Waals surface area contributed by atoms with Crippen LogP contribution in [-0.4, -0.2) is 47.2 Å². The zero-order valence-corrected chi connectivity index (χ0v) is 16.0. The van der Waals surface area contributed by atoms with Crippen LogP contribution in [0.2, 0.25) is 6.32 Å². The Morgan fingerprint density at radius 2 is 1.76 bits per heavy atom. The van der Waals surface area contributed by atoms with Gasteiger partial charge >= 0.3 is 7.12 Å². The first-order valence-corrected chi connectivity index (χ1v) is 9.80. The van der Waals surface area contributed by atoms with Crippen molar-refractivity contribution in [3.8, 4) is 0 Å². The molecule has 0 aromatic heterocycles. The number of nitrogens with two attached hydrogens (primary N) is 1. The monoisotopic (exact) mass is 346 g/mol. The second-order valence-electron chi connectivity index (χ2n) is 8.16. The standard InChI is InChI=1S/C20H35BN2O2/c1-17-5-7-18(8-6-17)19-9-14-23(15-10-19)16-12-20(2,22)11-3-4-13-21(24)25/h5-8,19,24-25H,3-4,9-16,22H2,1-2H3. The molecular weight excluding hydrogens is 311 g/mol. The van der Waals surface area contributed by atoms with Crippen LogP contribution in [0.25, 0.3) is 0 Å². The molecule has 1 fully saturated rings. The van der Waals surface area contributed by atoms with Crippen molar-refractivity contribution in [3.63, 3.8) is 0 Å². The molecule has 4 N–H and O–H groups in total. The van der Waals surface area contributed by atoms with E-state index in [1.165, 1.54) is 24.0 Å². The van der Waals surface area contributed by atoms with Gasteiger partial charge in [-0.3, -0.25) is 0 Å². The van der Waals surface area contributed by atoms with Gasteiger partial charge in [0.1, 0.15) is 0 Å². The van der Waals surface area contributed by atoms with Gasteiger partial charge in [0.25, 0.3) is 0 Å². The van der Waals surface area contributed by atoms with Crippen molar-refractivity contribution in [2.24, 2.45) is 5.73 Å². The van der Waals surface area contributed by atoms with Crippen molar-refractivity contribution >= 4 is 7.12 Å². The maximum absolute atomic E-state index is 8.89. The first kappa shape index (κ1) is 20.4. The van der Waals surface area contributed by atoms with E-state index in [2.05, 4.69) is 43.0 Å². The Labute approximate surface area is 153 Å². The average molecular weight is 346 g/mol. The number of likely N-dealkylation sites (tertiary alicyclic amines) is 1. The van der Waals surface area contributed by atoms with Gasteiger partial charge in [0.2, 0.25) is 0 Å². The molecule has 0 aliphatic carbocycles. The van der Waals surface area contributed by atoms with Crippen LogP contribution in [-0.2, 0) is 0 Å². The van der Waals surface area contributed by atoms with Crippen LogP contribution in [0, 0.1) is 6.92 Å². The van der Waals surface area contributed by atoms with E-state index in [1.807, 2.05) is 0 Å². The van der Waals surface area contributed by atoms with Crippen LogP contribution in [0.3, 0.4) is 0 Å². The quantitative estimate of drug-likeness (QED) is 0.475. The van der Waals surface area contributed by atoms with E-state index in [0.717, 1.165) is 45.3 Å². The molecule has 0 spiro atoms. The molecule has 0 radical (unpaired) electrons. The van der Waals surface area contributed by atoms with Gasteiger partial charge in [-0.1, -0.05) is 42.7 Å². The van der Waals surface area contributed by atoms with E-state index < -0.39 is 7.12 Å². The highest BCUT2D eigenvalue weighted by molar-refractivity contribution is 6.40. The second-order valence-corrected chi connectivity index (χ2v) is 8.16. The first-order valence-electron chi connectivity index (χ1n) is 9.80. The van der Waals surface area contributed by atoms with Gasteiger partial charge in [-0.25, -0.2) is 0 Å². The van der Waals surface area contributed by atoms with Crippen LogP contribution in [0.15, 0.2) is 24.3 Å². The van der Waals surface area contributed by atoms with Crippen molar-refractivity contribution in [2.75, 3.05) is 19.6 Å². The minimum atomic E-state index is -1.18. The molecule has 140 valence electrons. The third-order valence-electron chi connectivity index (χ3n) is 5.60. The van der Waals surface area contributed by atoms with Crippen molar-refractivity contribution in [3.05, 3.63) is 35.4 Å². The minimum absolute atomic E-state index is 0.159. The zero-order valence-electron chi connectivity index (χ0n) is 16.0. The number of hydrogen-bond acceptors (Lipinski definition) is 4. The maximum atomic E-state index is 8.89. The summed E-state index contributed by atoms with van der Waals surface area (Å²) in [7, 11) is -1.18. The summed E-state index contributed by atoms with van der Waals surface area (Å²) in [5, 5.41) is 17.8. The molecule has 0 amide bonds. The Balaban J connectivity index is 1.66. The fraction of sp³-hybridized carbons (Fsp3) is 0.700. The van der Waals surface area contributed by atoms with Crippen LogP contribution in [0.1, 0.15) is 62.5 Å². The molecule has 0 bridgehead atoms. The molecule has 2 rings (SSSR count). The zero-order chi connectivity index (χ0) is 18.3. The molecule has 4 nitrogen and oxygen atoms in total. The third kappa shape index (κ3) is 7.49. The topological polar surface area (TPSA) is 69.7 Å². The summed E-state index contributed by atoms with van der Waals surface area (Å²) >= 11 is 0. The molecule has 25 heavy (non-hydrogen) atoms. The lowest BCUT2D eigenvalue weighted by Crippen LogP contribution is -2.42. The highest BCUT2D eigenvalue weighted by Gasteiger charge is 2.24. The average Bonchev–Trinajstić information content (AvgIpc) is 2.58. The summed E-state index contributed by atoms with van der Waals surface area (Å²) < 4.78 is 0. The van der Waals surface area contributed by atoms with Crippen LogP contribution in [0.5, 0.6) is 0 Å². The maximum Gasteiger partial charge on any atom is 0.451 e. The molecular formula is C20H35BN2O2. The Morgan fingerprint density at radius 1 is 1.12 bits per heavy atom. The van der Waals surface area contributed by atoms with Gasteiger partial charge in [0, 0.05) is 5.54 Å². The molecule has 1 saturated heterocycles. The summed E-state index contributed by atoms with van der Waals surface area (Å²) in [5.74, 6) is 0.700. The lowest BCUT2D eigenvalue weighted by Gasteiger charge is -2.34. The number of benzene rings is 1. The van der Waals surface area contributed by atoms with E-state index in [1.54, 1.807) is 0 Å². The SMILES string of the molecule is Cc1ccc(C2CCN(CCC(C)(N)CCCCB(O)O)CC2)cc1. The molecule has 1 aromatic rings. The summed E-state index contributed by atoms with van der Waals surface area (Å²) in [5.41, 5.74) is 9.09. The second kappa shape index (κ2) is 9.72. The van der Waals surface area contributed by atoms with E-state index in [9.17, 15) is 0 Å². The van der Waals surface area contributed by atoms with Gasteiger partial charge in [-0.05, 0) is 77.0 Å². The molecule has 1 atom stereocenters. The van der Waals surface area contributed by atoms with Gasteiger partial charge in [0.15, 0.2) is 0 Å². The summed E-state index contributed by atoms with van der Waals surface area (Å²) in [6.07, 6.45) is 6.65. The smallest absolute Gasteiger partial charge is 0.427 e. The molecule has 5 heteroatoms. The Morgan fingerprint density at radius 3 is 2.36 bits per heavy atom. The van der Waals surface area contributed by atoms with Crippen LogP contribution in [0.4, 0.5) is 0 Å². The molecule has 1 aliphatic heterocycles. The van der Waals surface area contributed by atoms with Crippen molar-refractivity contribution in [1.82, 2.24) is 4.90 Å². The molecule has 1 aromatic carbocycles. The Hall–Kier alpha value is -0.875. The van der Waals surface area contributed by atoms with Crippen LogP contribution < -0.4 is 5.73 Å². The predicted octanol–water partition coefficient (Wildman–Crippen LogP) is 2.93. The highest BCUT2D eigenvalue weighted by atomic mass is 16.4. The molecule has 0 saturated carbocycles. The Bertz CT molecular complexity index is 497. The summed E-state index contributed by atoms with van der Waals surface area (Å²) in [4.78, 5) is 2.55. The normalized spacial score (nSPS) is 18.9. The minimum Gasteiger partial charge on any atom is -0.427 e. The van der Waals surface area contributed by atoms with E-state index in [-0.39, 0.29) is 5.54 Å². The largest absolute Gasteiger partial charge is 0.451 e. The summed E-state index contributed by atoms with van der Waals surface area (Å²) in [6.45, 7) is 7.65.